The molecular formula is C20H20N6O2. The first-order valence-corrected chi connectivity index (χ1v) is 9.04. The first-order chi connectivity index (χ1) is 13.6. The van der Waals surface area contributed by atoms with Crippen molar-refractivity contribution in [2.75, 3.05) is 0 Å². The predicted molar refractivity (Wildman–Crippen MR) is 102 cm³/mol. The molecule has 28 heavy (non-hydrogen) atoms. The van der Waals surface area contributed by atoms with Crippen molar-refractivity contribution in [1.29, 1.82) is 0 Å². The second-order valence-corrected chi connectivity index (χ2v) is 6.52. The summed E-state index contributed by atoms with van der Waals surface area (Å²) in [5, 5.41) is 7.06. The van der Waals surface area contributed by atoms with Gasteiger partial charge in [-0.05, 0) is 38.0 Å². The normalized spacial score (nSPS) is 11.1. The van der Waals surface area contributed by atoms with Crippen LogP contribution >= 0.6 is 0 Å². The van der Waals surface area contributed by atoms with Gasteiger partial charge in [-0.25, -0.2) is 14.5 Å². The van der Waals surface area contributed by atoms with E-state index in [1.54, 1.807) is 10.8 Å². The van der Waals surface area contributed by atoms with E-state index >= 15 is 0 Å². The minimum Gasteiger partial charge on any atom is -0.444 e. The van der Waals surface area contributed by atoms with Crippen molar-refractivity contribution >= 4 is 11.7 Å². The Morgan fingerprint density at radius 3 is 2.82 bits per heavy atom. The van der Waals surface area contributed by atoms with E-state index in [2.05, 4.69) is 25.4 Å². The number of carbonyl (C=O) groups is 1. The molecule has 8 nitrogen and oxygen atoms in total. The van der Waals surface area contributed by atoms with Gasteiger partial charge in [-0.2, -0.15) is 10.1 Å². The molecular weight excluding hydrogens is 356 g/mol. The van der Waals surface area contributed by atoms with Crippen molar-refractivity contribution in [3.8, 4) is 11.5 Å². The van der Waals surface area contributed by atoms with E-state index in [0.717, 1.165) is 22.5 Å². The molecule has 3 heterocycles. The summed E-state index contributed by atoms with van der Waals surface area (Å²) in [5.41, 5.74) is 4.43. The summed E-state index contributed by atoms with van der Waals surface area (Å²) in [5.74, 6) is 1.06. The van der Waals surface area contributed by atoms with E-state index in [4.69, 9.17) is 4.42 Å². The lowest BCUT2D eigenvalue weighted by molar-refractivity contribution is -0.121. The van der Waals surface area contributed by atoms with E-state index in [-0.39, 0.29) is 5.91 Å². The van der Waals surface area contributed by atoms with E-state index in [0.29, 0.717) is 36.7 Å². The number of hydrogen-bond acceptors (Lipinski definition) is 6. The molecule has 0 saturated heterocycles. The zero-order chi connectivity index (χ0) is 19.5. The van der Waals surface area contributed by atoms with Gasteiger partial charge in [-0.1, -0.05) is 18.2 Å². The molecule has 0 bridgehead atoms. The average molecular weight is 376 g/mol. The van der Waals surface area contributed by atoms with Gasteiger partial charge in [0.1, 0.15) is 12.6 Å². The summed E-state index contributed by atoms with van der Waals surface area (Å²) >= 11 is 0. The summed E-state index contributed by atoms with van der Waals surface area (Å²) in [6.07, 6.45) is 3.99. The fourth-order valence-corrected chi connectivity index (χ4v) is 3.13. The van der Waals surface area contributed by atoms with Crippen LogP contribution in [0, 0.1) is 13.8 Å². The molecule has 0 radical (unpaired) electrons. The highest BCUT2D eigenvalue weighted by Crippen LogP contribution is 2.18. The molecule has 0 unspecified atom stereocenters. The standard InChI is InChI=1S/C20H20N6O2/c1-13-17(14(2)26-20(24-13)22-12-23-26)8-9-18(27)21-10-16-11-28-19(25-16)15-6-4-3-5-7-15/h3-7,11-12H,8-10H2,1-2H3,(H,21,27). The Morgan fingerprint density at radius 1 is 1.18 bits per heavy atom. The molecule has 0 atom stereocenters. The van der Waals surface area contributed by atoms with E-state index < -0.39 is 0 Å². The minimum atomic E-state index is -0.0539. The summed E-state index contributed by atoms with van der Waals surface area (Å²) in [7, 11) is 0. The first-order valence-electron chi connectivity index (χ1n) is 9.04. The fraction of sp³-hybridized carbons (Fsp3) is 0.250. The number of nitrogens with zero attached hydrogens (tertiary/aromatic N) is 5. The lowest BCUT2D eigenvalue weighted by Crippen LogP contribution is -2.23. The Morgan fingerprint density at radius 2 is 2.00 bits per heavy atom. The van der Waals surface area contributed by atoms with Gasteiger partial charge in [0.25, 0.3) is 5.78 Å². The molecule has 0 aliphatic carbocycles. The lowest BCUT2D eigenvalue weighted by Gasteiger charge is -2.10. The number of rotatable bonds is 6. The Kier molecular flexibility index (Phi) is 4.84. The molecule has 3 aromatic heterocycles. The molecule has 1 aromatic carbocycles. The van der Waals surface area contributed by atoms with Crippen molar-refractivity contribution in [3.05, 3.63) is 65.6 Å². The third kappa shape index (κ3) is 3.62. The molecule has 4 aromatic rings. The van der Waals surface area contributed by atoms with Gasteiger partial charge in [0, 0.05) is 23.4 Å². The second-order valence-electron chi connectivity index (χ2n) is 6.52. The molecule has 0 spiro atoms. The van der Waals surface area contributed by atoms with Gasteiger partial charge in [-0.3, -0.25) is 4.79 Å². The summed E-state index contributed by atoms with van der Waals surface area (Å²) in [6, 6.07) is 9.65. The van der Waals surface area contributed by atoms with Crippen LogP contribution in [0.1, 0.15) is 29.1 Å². The van der Waals surface area contributed by atoms with Crippen molar-refractivity contribution in [2.24, 2.45) is 0 Å². The Bertz CT molecular complexity index is 1120. The largest absolute Gasteiger partial charge is 0.444 e. The molecule has 142 valence electrons. The van der Waals surface area contributed by atoms with E-state index in [1.807, 2.05) is 44.2 Å². The number of oxazole rings is 1. The van der Waals surface area contributed by atoms with Crippen LogP contribution in [-0.2, 0) is 17.8 Å². The molecule has 0 aliphatic rings. The highest BCUT2D eigenvalue weighted by Gasteiger charge is 2.13. The maximum atomic E-state index is 12.3. The zero-order valence-corrected chi connectivity index (χ0v) is 15.7. The van der Waals surface area contributed by atoms with Crippen LogP contribution in [0.2, 0.25) is 0 Å². The van der Waals surface area contributed by atoms with Gasteiger partial charge < -0.3 is 9.73 Å². The monoisotopic (exact) mass is 376 g/mol. The number of benzene rings is 1. The van der Waals surface area contributed by atoms with E-state index in [9.17, 15) is 4.79 Å². The number of amides is 1. The van der Waals surface area contributed by atoms with Gasteiger partial charge in [-0.15, -0.1) is 0 Å². The third-order valence-corrected chi connectivity index (χ3v) is 4.63. The predicted octanol–water partition coefficient (Wildman–Crippen LogP) is 2.65. The molecule has 1 N–H and O–H groups in total. The van der Waals surface area contributed by atoms with Crippen LogP contribution in [0.3, 0.4) is 0 Å². The summed E-state index contributed by atoms with van der Waals surface area (Å²) in [4.78, 5) is 25.2. The molecule has 0 saturated carbocycles. The average Bonchev–Trinajstić information content (AvgIpc) is 3.36. The minimum absolute atomic E-state index is 0.0539. The third-order valence-electron chi connectivity index (χ3n) is 4.63. The molecule has 0 fully saturated rings. The van der Waals surface area contributed by atoms with Gasteiger partial charge in [0.05, 0.1) is 12.2 Å². The van der Waals surface area contributed by atoms with Crippen molar-refractivity contribution < 1.29 is 9.21 Å². The molecule has 0 aliphatic heterocycles. The van der Waals surface area contributed by atoms with Crippen molar-refractivity contribution in [3.63, 3.8) is 0 Å². The zero-order valence-electron chi connectivity index (χ0n) is 15.7. The number of fused-ring (bicyclic) bond motifs is 1. The lowest BCUT2D eigenvalue weighted by atomic mass is 10.1. The molecule has 1 amide bonds. The Balaban J connectivity index is 1.35. The summed E-state index contributed by atoms with van der Waals surface area (Å²) in [6.45, 7) is 4.22. The number of nitrogens with one attached hydrogen (secondary N) is 1. The number of aromatic nitrogens is 5. The van der Waals surface area contributed by atoms with Crippen LogP contribution in [0.25, 0.3) is 17.2 Å². The van der Waals surface area contributed by atoms with Crippen LogP contribution in [0.5, 0.6) is 0 Å². The Labute approximate surface area is 161 Å². The van der Waals surface area contributed by atoms with Crippen LogP contribution < -0.4 is 5.32 Å². The maximum absolute atomic E-state index is 12.3. The van der Waals surface area contributed by atoms with Crippen LogP contribution in [0.4, 0.5) is 0 Å². The number of hydrogen-bond donors (Lipinski definition) is 1. The Hall–Kier alpha value is -3.55. The van der Waals surface area contributed by atoms with Crippen LogP contribution in [-0.4, -0.2) is 30.5 Å². The first kappa shape index (κ1) is 17.8. The highest BCUT2D eigenvalue weighted by molar-refractivity contribution is 5.76. The quantitative estimate of drug-likeness (QED) is 0.555. The van der Waals surface area contributed by atoms with Gasteiger partial charge >= 0.3 is 0 Å². The van der Waals surface area contributed by atoms with Gasteiger partial charge in [0.2, 0.25) is 11.8 Å². The number of aryl methyl sites for hydroxylation is 2. The fourth-order valence-electron chi connectivity index (χ4n) is 3.13. The van der Waals surface area contributed by atoms with Gasteiger partial charge in [0.15, 0.2) is 0 Å². The summed E-state index contributed by atoms with van der Waals surface area (Å²) < 4.78 is 7.19. The SMILES string of the molecule is Cc1nc2ncnn2c(C)c1CCC(=O)NCc1coc(-c2ccccc2)n1. The maximum Gasteiger partial charge on any atom is 0.252 e. The topological polar surface area (TPSA) is 98.2 Å². The van der Waals surface area contributed by atoms with Crippen molar-refractivity contribution in [1.82, 2.24) is 29.9 Å². The van der Waals surface area contributed by atoms with E-state index in [1.165, 1.54) is 6.33 Å². The second kappa shape index (κ2) is 7.59. The molecule has 4 rings (SSSR count). The smallest absolute Gasteiger partial charge is 0.252 e. The number of carbonyl (C=O) groups excluding carboxylic acids is 1. The van der Waals surface area contributed by atoms with Crippen LogP contribution in [0.15, 0.2) is 47.3 Å². The highest BCUT2D eigenvalue weighted by atomic mass is 16.3. The molecule has 8 heteroatoms. The van der Waals surface area contributed by atoms with Crippen molar-refractivity contribution in [2.45, 2.75) is 33.2 Å².